The van der Waals surface area contributed by atoms with Gasteiger partial charge in [-0.15, -0.1) is 0 Å². The van der Waals surface area contributed by atoms with Gasteiger partial charge < -0.3 is 5.11 Å². The first-order valence-corrected chi connectivity index (χ1v) is 5.85. The van der Waals surface area contributed by atoms with Crippen LogP contribution < -0.4 is 0 Å². The highest BCUT2D eigenvalue weighted by atomic mass is 35.5. The van der Waals surface area contributed by atoms with Crippen LogP contribution in [-0.4, -0.2) is 5.11 Å². The van der Waals surface area contributed by atoms with Crippen LogP contribution in [0.5, 0.6) is 0 Å². The van der Waals surface area contributed by atoms with E-state index in [1.165, 1.54) is 0 Å². The minimum Gasteiger partial charge on any atom is -0.385 e. The summed E-state index contributed by atoms with van der Waals surface area (Å²) in [4.78, 5) is 0. The first kappa shape index (κ1) is 12.5. The van der Waals surface area contributed by atoms with Crippen LogP contribution in [0.4, 0.5) is 0 Å². The van der Waals surface area contributed by atoms with Crippen molar-refractivity contribution in [2.45, 2.75) is 39.2 Å². The summed E-state index contributed by atoms with van der Waals surface area (Å²) in [5, 5.41) is 11.1. The summed E-state index contributed by atoms with van der Waals surface area (Å²) in [6.07, 6.45) is 2.07. The monoisotopic (exact) mass is 226 g/mol. The molecule has 1 rings (SSSR count). The van der Waals surface area contributed by atoms with Crippen LogP contribution in [0, 0.1) is 5.92 Å². The van der Waals surface area contributed by atoms with Gasteiger partial charge in [0.1, 0.15) is 0 Å². The quantitative estimate of drug-likeness (QED) is 0.824. The Bertz CT molecular complexity index is 320. The Labute approximate surface area is 97.1 Å². The van der Waals surface area contributed by atoms with E-state index in [1.807, 2.05) is 31.2 Å². The molecule has 0 aliphatic heterocycles. The molecule has 0 saturated carbocycles. The average molecular weight is 227 g/mol. The summed E-state index contributed by atoms with van der Waals surface area (Å²) < 4.78 is 0. The molecule has 0 aromatic heterocycles. The number of rotatable bonds is 4. The standard InChI is InChI=1S/C13H19ClO/c1-4-7-10(2)13(3,15)11-8-5-6-9-12(11)14/h5-6,8-10,15H,4,7H2,1-3H3. The lowest BCUT2D eigenvalue weighted by molar-refractivity contribution is -0.00209. The lowest BCUT2D eigenvalue weighted by atomic mass is 9.81. The zero-order valence-electron chi connectivity index (χ0n) is 9.63. The summed E-state index contributed by atoms with van der Waals surface area (Å²) in [6, 6.07) is 7.51. The Hall–Kier alpha value is -0.530. The molecule has 1 aromatic carbocycles. The van der Waals surface area contributed by atoms with Gasteiger partial charge in [0.25, 0.3) is 0 Å². The van der Waals surface area contributed by atoms with E-state index in [2.05, 4.69) is 13.8 Å². The molecule has 0 bridgehead atoms. The highest BCUT2D eigenvalue weighted by molar-refractivity contribution is 6.31. The lowest BCUT2D eigenvalue weighted by Gasteiger charge is -2.31. The molecule has 0 aliphatic rings. The second kappa shape index (κ2) is 5.00. The molecule has 2 atom stereocenters. The fraction of sp³-hybridized carbons (Fsp3) is 0.538. The SMILES string of the molecule is CCCC(C)C(C)(O)c1ccccc1Cl. The number of halogens is 1. The van der Waals surface area contributed by atoms with Crippen LogP contribution in [0.1, 0.15) is 39.2 Å². The summed E-state index contributed by atoms with van der Waals surface area (Å²) in [5.74, 6) is 0.211. The van der Waals surface area contributed by atoms with Crippen molar-refractivity contribution in [3.63, 3.8) is 0 Å². The van der Waals surface area contributed by atoms with Gasteiger partial charge in [0, 0.05) is 10.6 Å². The van der Waals surface area contributed by atoms with Gasteiger partial charge in [-0.3, -0.25) is 0 Å². The van der Waals surface area contributed by atoms with Crippen molar-refractivity contribution in [2.75, 3.05) is 0 Å². The van der Waals surface area contributed by atoms with Crippen molar-refractivity contribution >= 4 is 11.6 Å². The topological polar surface area (TPSA) is 20.2 Å². The van der Waals surface area contributed by atoms with Gasteiger partial charge in [0.2, 0.25) is 0 Å². The van der Waals surface area contributed by atoms with Gasteiger partial charge >= 0.3 is 0 Å². The maximum atomic E-state index is 10.5. The molecule has 84 valence electrons. The number of hydrogen-bond donors (Lipinski definition) is 1. The van der Waals surface area contributed by atoms with Crippen LogP contribution in [-0.2, 0) is 5.60 Å². The highest BCUT2D eigenvalue weighted by Gasteiger charge is 2.31. The van der Waals surface area contributed by atoms with Gasteiger partial charge in [-0.1, -0.05) is 50.1 Å². The molecule has 1 aromatic rings. The summed E-state index contributed by atoms with van der Waals surface area (Å²) >= 11 is 6.09. The maximum Gasteiger partial charge on any atom is 0.0908 e. The molecular formula is C13H19ClO. The van der Waals surface area contributed by atoms with Gasteiger partial charge in [-0.25, -0.2) is 0 Å². The lowest BCUT2D eigenvalue weighted by Crippen LogP contribution is -2.30. The van der Waals surface area contributed by atoms with Crippen molar-refractivity contribution in [3.05, 3.63) is 34.9 Å². The Kier molecular flexibility index (Phi) is 4.18. The largest absolute Gasteiger partial charge is 0.385 e. The van der Waals surface area contributed by atoms with E-state index < -0.39 is 5.60 Å². The van der Waals surface area contributed by atoms with Crippen molar-refractivity contribution in [1.29, 1.82) is 0 Å². The maximum absolute atomic E-state index is 10.5. The van der Waals surface area contributed by atoms with Gasteiger partial charge in [-0.2, -0.15) is 0 Å². The summed E-state index contributed by atoms with van der Waals surface area (Å²) in [7, 11) is 0. The third kappa shape index (κ3) is 2.73. The van der Waals surface area contributed by atoms with E-state index >= 15 is 0 Å². The van der Waals surface area contributed by atoms with E-state index in [4.69, 9.17) is 11.6 Å². The molecule has 1 N–H and O–H groups in total. The predicted molar refractivity (Wildman–Crippen MR) is 65.1 cm³/mol. The molecule has 0 aliphatic carbocycles. The molecular weight excluding hydrogens is 208 g/mol. The molecule has 0 saturated heterocycles. The fourth-order valence-corrected chi connectivity index (χ4v) is 2.18. The number of benzene rings is 1. The van der Waals surface area contributed by atoms with E-state index in [1.54, 1.807) is 0 Å². The molecule has 2 unspecified atom stereocenters. The van der Waals surface area contributed by atoms with Crippen molar-refractivity contribution in [1.82, 2.24) is 0 Å². The third-order valence-corrected chi connectivity index (χ3v) is 3.43. The van der Waals surface area contributed by atoms with E-state index in [-0.39, 0.29) is 5.92 Å². The predicted octanol–water partition coefficient (Wildman–Crippen LogP) is 3.98. The molecule has 1 nitrogen and oxygen atoms in total. The van der Waals surface area contributed by atoms with E-state index in [9.17, 15) is 5.11 Å². The highest BCUT2D eigenvalue weighted by Crippen LogP contribution is 2.35. The first-order chi connectivity index (χ1) is 7.00. The summed E-state index contributed by atoms with van der Waals surface area (Å²) in [5.41, 5.74) is -0.0124. The number of hydrogen-bond acceptors (Lipinski definition) is 1. The minimum absolute atomic E-state index is 0.211. The smallest absolute Gasteiger partial charge is 0.0908 e. The van der Waals surface area contributed by atoms with Crippen molar-refractivity contribution < 1.29 is 5.11 Å². The van der Waals surface area contributed by atoms with Crippen molar-refractivity contribution in [3.8, 4) is 0 Å². The Balaban J connectivity index is 2.99. The second-order valence-corrected chi connectivity index (χ2v) is 4.72. The van der Waals surface area contributed by atoms with Crippen LogP contribution in [0.3, 0.4) is 0 Å². The molecule has 15 heavy (non-hydrogen) atoms. The minimum atomic E-state index is -0.839. The second-order valence-electron chi connectivity index (χ2n) is 4.32. The number of aliphatic hydroxyl groups is 1. The Morgan fingerprint density at radius 1 is 1.40 bits per heavy atom. The zero-order valence-corrected chi connectivity index (χ0v) is 10.4. The van der Waals surface area contributed by atoms with Gasteiger partial charge in [0.05, 0.1) is 5.60 Å². The molecule has 0 heterocycles. The van der Waals surface area contributed by atoms with Crippen LogP contribution in [0.2, 0.25) is 5.02 Å². The first-order valence-electron chi connectivity index (χ1n) is 5.47. The van der Waals surface area contributed by atoms with E-state index in [0.717, 1.165) is 18.4 Å². The summed E-state index contributed by atoms with van der Waals surface area (Å²) in [6.45, 7) is 6.03. The molecule has 0 radical (unpaired) electrons. The molecule has 0 fully saturated rings. The van der Waals surface area contributed by atoms with Crippen LogP contribution in [0.25, 0.3) is 0 Å². The average Bonchev–Trinajstić information content (AvgIpc) is 2.18. The van der Waals surface area contributed by atoms with Crippen LogP contribution >= 0.6 is 11.6 Å². The Morgan fingerprint density at radius 3 is 2.53 bits per heavy atom. The Morgan fingerprint density at radius 2 is 2.00 bits per heavy atom. The molecule has 0 amide bonds. The third-order valence-electron chi connectivity index (χ3n) is 3.10. The normalized spacial score (nSPS) is 17.1. The van der Waals surface area contributed by atoms with Gasteiger partial charge in [-0.05, 0) is 25.3 Å². The van der Waals surface area contributed by atoms with E-state index in [0.29, 0.717) is 5.02 Å². The van der Waals surface area contributed by atoms with Crippen molar-refractivity contribution in [2.24, 2.45) is 5.92 Å². The fourth-order valence-electron chi connectivity index (χ4n) is 1.85. The zero-order chi connectivity index (χ0) is 11.5. The molecule has 0 spiro atoms. The van der Waals surface area contributed by atoms with Gasteiger partial charge in [0.15, 0.2) is 0 Å². The molecule has 2 heteroatoms. The van der Waals surface area contributed by atoms with Crippen LogP contribution in [0.15, 0.2) is 24.3 Å².